The number of ether oxygens (including phenoxy) is 1. The molecular weight excluding hydrogens is 250 g/mol. The minimum atomic E-state index is 0.215. The number of oxime groups is 1. The lowest BCUT2D eigenvalue weighted by atomic mass is 9.86. The highest BCUT2D eigenvalue weighted by molar-refractivity contribution is 6.06. The first-order chi connectivity index (χ1) is 9.83. The van der Waals surface area contributed by atoms with E-state index in [1.165, 1.54) is 29.6 Å². The summed E-state index contributed by atoms with van der Waals surface area (Å²) in [6.45, 7) is 0. The predicted molar refractivity (Wildman–Crippen MR) is 80.1 cm³/mol. The highest BCUT2D eigenvalue weighted by atomic mass is 16.5. The van der Waals surface area contributed by atoms with Crippen molar-refractivity contribution in [1.29, 1.82) is 0 Å². The molecule has 3 aliphatic carbocycles. The van der Waals surface area contributed by atoms with Crippen molar-refractivity contribution in [1.82, 2.24) is 0 Å². The Balaban J connectivity index is 1.98. The second kappa shape index (κ2) is 5.96. The molecule has 3 rings (SSSR count). The lowest BCUT2D eigenvalue weighted by Crippen LogP contribution is -2.15. The van der Waals surface area contributed by atoms with E-state index >= 15 is 0 Å². The summed E-state index contributed by atoms with van der Waals surface area (Å²) in [4.78, 5) is 0. The number of allylic oxidation sites excluding steroid dienone is 5. The second-order valence-corrected chi connectivity index (χ2v) is 5.92. The molecule has 0 aromatic heterocycles. The zero-order valence-electron chi connectivity index (χ0n) is 12.1. The van der Waals surface area contributed by atoms with Crippen molar-refractivity contribution >= 4 is 5.71 Å². The van der Waals surface area contributed by atoms with Gasteiger partial charge in [-0.2, -0.15) is 0 Å². The summed E-state index contributed by atoms with van der Waals surface area (Å²) < 4.78 is 5.50. The van der Waals surface area contributed by atoms with Crippen LogP contribution in [-0.2, 0) is 4.74 Å². The average molecular weight is 273 g/mol. The lowest BCUT2D eigenvalue weighted by Gasteiger charge is -2.23. The summed E-state index contributed by atoms with van der Waals surface area (Å²) in [6.07, 6.45) is 14.7. The van der Waals surface area contributed by atoms with Crippen molar-refractivity contribution in [2.45, 2.75) is 51.0 Å². The van der Waals surface area contributed by atoms with Crippen LogP contribution >= 0.6 is 0 Å². The molecule has 3 aliphatic rings. The highest BCUT2D eigenvalue weighted by Crippen LogP contribution is 2.41. The Morgan fingerprint density at radius 3 is 2.85 bits per heavy atom. The molecule has 0 saturated carbocycles. The Kier molecular flexibility index (Phi) is 4.06. The Hall–Kier alpha value is -1.35. The van der Waals surface area contributed by atoms with E-state index in [1.54, 1.807) is 7.11 Å². The number of nitrogens with zero attached hydrogens (tertiary/aromatic N) is 1. The number of hydrogen-bond donors (Lipinski definition) is 1. The molecule has 0 saturated heterocycles. The van der Waals surface area contributed by atoms with Gasteiger partial charge in [-0.25, -0.2) is 0 Å². The van der Waals surface area contributed by atoms with Crippen molar-refractivity contribution in [3.8, 4) is 0 Å². The molecule has 3 heteroatoms. The van der Waals surface area contributed by atoms with Crippen molar-refractivity contribution < 1.29 is 9.94 Å². The van der Waals surface area contributed by atoms with Crippen LogP contribution in [0.2, 0.25) is 0 Å². The summed E-state index contributed by atoms with van der Waals surface area (Å²) in [7, 11) is 1.77. The van der Waals surface area contributed by atoms with Crippen LogP contribution in [0, 0.1) is 5.92 Å². The summed E-state index contributed by atoms with van der Waals surface area (Å²) in [6, 6.07) is 0. The molecule has 0 aromatic carbocycles. The molecule has 0 aromatic rings. The fraction of sp³-hybridized carbons (Fsp3) is 0.588. The molecule has 0 fully saturated rings. The third-order valence-electron chi connectivity index (χ3n) is 4.77. The van der Waals surface area contributed by atoms with Crippen molar-refractivity contribution in [2.75, 3.05) is 7.11 Å². The predicted octanol–water partition coefficient (Wildman–Crippen LogP) is 4.00. The standard InChI is InChI=1S/C17H23NO2/c1-20-14-8-4-7-13(11-14)17-15(9-10-16(17)18-19)12-5-2-3-6-12/h2,5,11-12,14,19H,3-4,6-10H2,1H3/b18-16-. The molecule has 2 atom stereocenters. The molecule has 0 aliphatic heterocycles. The van der Waals surface area contributed by atoms with E-state index in [0.717, 1.165) is 37.8 Å². The van der Waals surface area contributed by atoms with Gasteiger partial charge in [-0.05, 0) is 56.4 Å². The SMILES string of the molecule is COC1C=C(C2=C(C3C=CCC3)CC/C2=N/O)CCC1. The van der Waals surface area contributed by atoms with Crippen LogP contribution in [0.1, 0.15) is 44.9 Å². The van der Waals surface area contributed by atoms with Crippen LogP contribution in [0.15, 0.2) is 40.1 Å². The van der Waals surface area contributed by atoms with Gasteiger partial charge in [0.2, 0.25) is 0 Å². The first-order valence-electron chi connectivity index (χ1n) is 7.68. The number of rotatable bonds is 3. The Morgan fingerprint density at radius 1 is 1.25 bits per heavy atom. The molecular formula is C17H23NO2. The van der Waals surface area contributed by atoms with E-state index in [1.807, 2.05) is 0 Å². The van der Waals surface area contributed by atoms with Gasteiger partial charge in [-0.1, -0.05) is 29.0 Å². The van der Waals surface area contributed by atoms with Gasteiger partial charge in [-0.15, -0.1) is 0 Å². The number of hydrogen-bond acceptors (Lipinski definition) is 3. The number of methoxy groups -OCH3 is 1. The van der Waals surface area contributed by atoms with Gasteiger partial charge >= 0.3 is 0 Å². The molecule has 0 radical (unpaired) electrons. The lowest BCUT2D eigenvalue weighted by molar-refractivity contribution is 0.127. The van der Waals surface area contributed by atoms with Crippen LogP contribution in [0.5, 0.6) is 0 Å². The maximum atomic E-state index is 9.33. The van der Waals surface area contributed by atoms with E-state index in [4.69, 9.17) is 4.74 Å². The van der Waals surface area contributed by atoms with Gasteiger partial charge in [0, 0.05) is 12.7 Å². The van der Waals surface area contributed by atoms with Crippen LogP contribution in [0.3, 0.4) is 0 Å². The van der Waals surface area contributed by atoms with Crippen LogP contribution in [0.25, 0.3) is 0 Å². The molecule has 0 amide bonds. The Morgan fingerprint density at radius 2 is 2.15 bits per heavy atom. The van der Waals surface area contributed by atoms with Crippen LogP contribution < -0.4 is 0 Å². The fourth-order valence-corrected chi connectivity index (χ4v) is 3.75. The van der Waals surface area contributed by atoms with E-state index in [2.05, 4.69) is 23.4 Å². The van der Waals surface area contributed by atoms with E-state index in [0.29, 0.717) is 5.92 Å². The smallest absolute Gasteiger partial charge is 0.0873 e. The molecule has 0 bridgehead atoms. The maximum Gasteiger partial charge on any atom is 0.0873 e. The first kappa shape index (κ1) is 13.6. The van der Waals surface area contributed by atoms with Crippen molar-refractivity contribution in [3.05, 3.63) is 34.9 Å². The van der Waals surface area contributed by atoms with Gasteiger partial charge in [0.05, 0.1) is 11.8 Å². The van der Waals surface area contributed by atoms with E-state index in [9.17, 15) is 5.21 Å². The Bertz CT molecular complexity index is 499. The monoisotopic (exact) mass is 273 g/mol. The zero-order valence-corrected chi connectivity index (χ0v) is 12.1. The zero-order chi connectivity index (χ0) is 13.9. The van der Waals surface area contributed by atoms with Crippen molar-refractivity contribution in [2.24, 2.45) is 11.1 Å². The van der Waals surface area contributed by atoms with Gasteiger partial charge < -0.3 is 9.94 Å². The topological polar surface area (TPSA) is 41.8 Å². The van der Waals surface area contributed by atoms with Gasteiger partial charge in [0.15, 0.2) is 0 Å². The van der Waals surface area contributed by atoms with Crippen LogP contribution in [-0.4, -0.2) is 24.1 Å². The molecule has 1 N–H and O–H groups in total. The second-order valence-electron chi connectivity index (χ2n) is 5.92. The summed E-state index contributed by atoms with van der Waals surface area (Å²) >= 11 is 0. The third-order valence-corrected chi connectivity index (χ3v) is 4.77. The Labute approximate surface area is 120 Å². The fourth-order valence-electron chi connectivity index (χ4n) is 3.75. The molecule has 108 valence electrons. The van der Waals surface area contributed by atoms with Crippen LogP contribution in [0.4, 0.5) is 0 Å². The molecule has 2 unspecified atom stereocenters. The molecule has 3 nitrogen and oxygen atoms in total. The van der Waals surface area contributed by atoms with Gasteiger partial charge in [0.1, 0.15) is 0 Å². The minimum Gasteiger partial charge on any atom is -0.411 e. The highest BCUT2D eigenvalue weighted by Gasteiger charge is 2.30. The quantitative estimate of drug-likeness (QED) is 0.480. The largest absolute Gasteiger partial charge is 0.411 e. The molecule has 20 heavy (non-hydrogen) atoms. The molecule has 0 spiro atoms. The maximum absolute atomic E-state index is 9.33. The summed E-state index contributed by atoms with van der Waals surface area (Å²) in [5.41, 5.74) is 4.94. The van der Waals surface area contributed by atoms with E-state index in [-0.39, 0.29) is 6.10 Å². The first-order valence-corrected chi connectivity index (χ1v) is 7.68. The summed E-state index contributed by atoms with van der Waals surface area (Å²) in [5.74, 6) is 0.549. The minimum absolute atomic E-state index is 0.215. The van der Waals surface area contributed by atoms with E-state index < -0.39 is 0 Å². The van der Waals surface area contributed by atoms with Crippen molar-refractivity contribution in [3.63, 3.8) is 0 Å². The molecule has 0 heterocycles. The summed E-state index contributed by atoms with van der Waals surface area (Å²) in [5, 5.41) is 12.9. The average Bonchev–Trinajstić information content (AvgIpc) is 3.15. The van der Waals surface area contributed by atoms with Gasteiger partial charge in [-0.3, -0.25) is 0 Å². The normalized spacial score (nSPS) is 32.2. The van der Waals surface area contributed by atoms with Gasteiger partial charge in [0.25, 0.3) is 0 Å². The third kappa shape index (κ3) is 2.47.